The van der Waals surface area contributed by atoms with Crippen molar-refractivity contribution in [2.24, 2.45) is 0 Å². The molecule has 2 aromatic carbocycles. The summed E-state index contributed by atoms with van der Waals surface area (Å²) in [5.74, 6) is -0.298. The smallest absolute Gasteiger partial charge is 0.416 e. The fourth-order valence-corrected chi connectivity index (χ4v) is 3.07. The van der Waals surface area contributed by atoms with E-state index in [4.69, 9.17) is 20.8 Å². The lowest BCUT2D eigenvalue weighted by Crippen LogP contribution is -2.16. The molecule has 30 heavy (non-hydrogen) atoms. The number of alkyl halides is 3. The largest absolute Gasteiger partial charge is 0.492 e. The van der Waals surface area contributed by atoms with Gasteiger partial charge in [-0.3, -0.25) is 4.79 Å². The van der Waals surface area contributed by atoms with Crippen LogP contribution in [0.1, 0.15) is 12.5 Å². The predicted octanol–water partition coefficient (Wildman–Crippen LogP) is 5.54. The maximum absolute atomic E-state index is 13.0. The lowest BCUT2D eigenvalue weighted by molar-refractivity contribution is -0.137. The number of carbonyl (C=O) groups excluding carboxylic acids is 1. The zero-order valence-electron chi connectivity index (χ0n) is 15.5. The number of amides is 1. The Morgan fingerprint density at radius 2 is 1.93 bits per heavy atom. The molecule has 3 rings (SSSR count). The van der Waals surface area contributed by atoms with Gasteiger partial charge in [-0.05, 0) is 49.4 Å². The lowest BCUT2D eigenvalue weighted by Gasteiger charge is -2.14. The number of halogens is 4. The number of nitrogens with one attached hydrogen (secondary N) is 1. The van der Waals surface area contributed by atoms with Crippen molar-refractivity contribution in [2.45, 2.75) is 18.3 Å². The van der Waals surface area contributed by atoms with Crippen LogP contribution < -0.4 is 10.1 Å². The van der Waals surface area contributed by atoms with Gasteiger partial charge in [0.15, 0.2) is 0 Å². The molecule has 0 radical (unpaired) electrons. The normalized spacial score (nSPS) is 11.4. The van der Waals surface area contributed by atoms with Gasteiger partial charge in [0.05, 0.1) is 23.6 Å². The summed E-state index contributed by atoms with van der Waals surface area (Å²) in [6.45, 7) is 1.92. The molecule has 1 heterocycles. The highest BCUT2D eigenvalue weighted by atomic mass is 35.5. The molecule has 0 fully saturated rings. The Bertz CT molecular complexity index is 1030. The van der Waals surface area contributed by atoms with Gasteiger partial charge in [0, 0.05) is 10.6 Å². The second-order valence-electron chi connectivity index (χ2n) is 5.86. The molecule has 0 aliphatic rings. The molecule has 0 bridgehead atoms. The first-order valence-corrected chi connectivity index (χ1v) is 9.98. The van der Waals surface area contributed by atoms with E-state index < -0.39 is 17.6 Å². The highest BCUT2D eigenvalue weighted by Gasteiger charge is 2.31. The van der Waals surface area contributed by atoms with E-state index in [1.807, 2.05) is 0 Å². The van der Waals surface area contributed by atoms with Gasteiger partial charge < -0.3 is 14.5 Å². The zero-order valence-corrected chi connectivity index (χ0v) is 17.1. The van der Waals surface area contributed by atoms with Gasteiger partial charge in [-0.25, -0.2) is 0 Å². The molecule has 0 saturated carbocycles. The van der Waals surface area contributed by atoms with E-state index in [-0.39, 0.29) is 34.9 Å². The van der Waals surface area contributed by atoms with E-state index in [1.165, 1.54) is 6.07 Å². The minimum atomic E-state index is -4.54. The predicted molar refractivity (Wildman–Crippen MR) is 107 cm³/mol. The topological polar surface area (TPSA) is 77.2 Å². The number of nitrogens with zero attached hydrogens (tertiary/aromatic N) is 2. The summed E-state index contributed by atoms with van der Waals surface area (Å²) < 4.78 is 49.7. The number of thioether (sulfide) groups is 1. The monoisotopic (exact) mass is 457 g/mol. The highest BCUT2D eigenvalue weighted by Crippen LogP contribution is 2.35. The third-order valence-corrected chi connectivity index (χ3v) is 4.78. The van der Waals surface area contributed by atoms with Crippen LogP contribution in [0, 0.1) is 0 Å². The summed E-state index contributed by atoms with van der Waals surface area (Å²) in [4.78, 5) is 12.2. The lowest BCUT2D eigenvalue weighted by atomic mass is 10.1. The van der Waals surface area contributed by atoms with E-state index >= 15 is 0 Å². The summed E-state index contributed by atoms with van der Waals surface area (Å²) in [6.07, 6.45) is -4.54. The molecular formula is C19H15ClF3N3O3S. The standard InChI is InChI=1S/C19H15ClF3N3O3S/c1-2-28-15-8-5-12(19(21,22)23)9-14(15)24-16(27)10-30-18-26-25-17(29-18)11-3-6-13(20)7-4-11/h3-9H,2,10H2,1H3,(H,24,27). The summed E-state index contributed by atoms with van der Waals surface area (Å²) in [6, 6.07) is 9.66. The molecule has 0 aliphatic heterocycles. The van der Waals surface area contributed by atoms with Gasteiger partial charge in [-0.15, -0.1) is 10.2 Å². The molecule has 158 valence electrons. The maximum Gasteiger partial charge on any atom is 0.416 e. The van der Waals surface area contributed by atoms with Crippen molar-refractivity contribution in [1.82, 2.24) is 10.2 Å². The zero-order chi connectivity index (χ0) is 21.7. The Hall–Kier alpha value is -2.72. The van der Waals surface area contributed by atoms with E-state index in [1.54, 1.807) is 31.2 Å². The number of hydrogen-bond acceptors (Lipinski definition) is 6. The second kappa shape index (κ2) is 9.40. The molecule has 0 atom stereocenters. The minimum absolute atomic E-state index is 0.0651. The molecule has 6 nitrogen and oxygen atoms in total. The maximum atomic E-state index is 13.0. The SMILES string of the molecule is CCOc1ccc(C(F)(F)F)cc1NC(=O)CSc1nnc(-c2ccc(Cl)cc2)o1. The van der Waals surface area contributed by atoms with Gasteiger partial charge >= 0.3 is 6.18 Å². The van der Waals surface area contributed by atoms with Crippen LogP contribution >= 0.6 is 23.4 Å². The first-order chi connectivity index (χ1) is 14.3. The molecule has 0 unspecified atom stereocenters. The Morgan fingerprint density at radius 3 is 2.60 bits per heavy atom. The van der Waals surface area contributed by atoms with Gasteiger partial charge in [-0.1, -0.05) is 23.4 Å². The van der Waals surface area contributed by atoms with Crippen LogP contribution in [0.3, 0.4) is 0 Å². The van der Waals surface area contributed by atoms with Gasteiger partial charge in [0.1, 0.15) is 5.75 Å². The van der Waals surface area contributed by atoms with E-state index in [2.05, 4.69) is 15.5 Å². The van der Waals surface area contributed by atoms with Gasteiger partial charge in [-0.2, -0.15) is 13.2 Å². The van der Waals surface area contributed by atoms with E-state index in [9.17, 15) is 18.0 Å². The van der Waals surface area contributed by atoms with Crippen molar-refractivity contribution in [3.8, 4) is 17.2 Å². The average Bonchev–Trinajstić information content (AvgIpc) is 3.17. The fourth-order valence-electron chi connectivity index (χ4n) is 2.38. The summed E-state index contributed by atoms with van der Waals surface area (Å²) in [5.41, 5.74) is -0.295. The highest BCUT2D eigenvalue weighted by molar-refractivity contribution is 7.99. The Kier molecular flexibility index (Phi) is 6.88. The van der Waals surface area contributed by atoms with E-state index in [0.717, 1.165) is 23.9 Å². The van der Waals surface area contributed by atoms with Gasteiger partial charge in [0.25, 0.3) is 5.22 Å². The van der Waals surface area contributed by atoms with Crippen molar-refractivity contribution in [3.05, 3.63) is 53.1 Å². The third-order valence-electron chi connectivity index (χ3n) is 3.71. The van der Waals surface area contributed by atoms with Crippen molar-refractivity contribution in [2.75, 3.05) is 17.7 Å². The molecule has 1 N–H and O–H groups in total. The van der Waals surface area contributed by atoms with Gasteiger partial charge in [0.2, 0.25) is 11.8 Å². The molecular weight excluding hydrogens is 443 g/mol. The minimum Gasteiger partial charge on any atom is -0.492 e. The van der Waals surface area contributed by atoms with Crippen LogP contribution in [0.25, 0.3) is 11.5 Å². The Balaban J connectivity index is 1.65. The molecule has 1 aromatic heterocycles. The quantitative estimate of drug-likeness (QED) is 0.469. The van der Waals surface area contributed by atoms with Crippen LogP contribution in [0.2, 0.25) is 5.02 Å². The fraction of sp³-hybridized carbons (Fsp3) is 0.211. The van der Waals surface area contributed by atoms with Crippen LogP contribution in [-0.2, 0) is 11.0 Å². The molecule has 0 saturated heterocycles. The second-order valence-corrected chi connectivity index (χ2v) is 7.22. The number of aromatic nitrogens is 2. The van der Waals surface area contributed by atoms with Crippen molar-refractivity contribution in [3.63, 3.8) is 0 Å². The number of rotatable bonds is 7. The summed E-state index contributed by atoms with van der Waals surface area (Å²) in [5, 5.41) is 10.9. The number of hydrogen-bond donors (Lipinski definition) is 1. The first kappa shape index (κ1) is 22.0. The Labute approximate surface area is 178 Å². The van der Waals surface area contributed by atoms with Crippen LogP contribution in [-0.4, -0.2) is 28.5 Å². The molecule has 0 spiro atoms. The van der Waals surface area contributed by atoms with Crippen molar-refractivity contribution in [1.29, 1.82) is 0 Å². The van der Waals surface area contributed by atoms with E-state index in [0.29, 0.717) is 10.6 Å². The molecule has 3 aromatic rings. The number of ether oxygens (including phenoxy) is 1. The first-order valence-electron chi connectivity index (χ1n) is 8.62. The number of anilines is 1. The van der Waals surface area contributed by atoms with Crippen molar-refractivity contribution >= 4 is 35.0 Å². The van der Waals surface area contributed by atoms with Crippen LogP contribution in [0.4, 0.5) is 18.9 Å². The molecule has 11 heteroatoms. The average molecular weight is 458 g/mol. The number of carbonyl (C=O) groups is 1. The summed E-state index contributed by atoms with van der Waals surface area (Å²) in [7, 11) is 0. The number of benzene rings is 2. The summed E-state index contributed by atoms with van der Waals surface area (Å²) >= 11 is 6.79. The van der Waals surface area contributed by atoms with Crippen molar-refractivity contribution < 1.29 is 27.1 Å². The Morgan fingerprint density at radius 1 is 1.20 bits per heavy atom. The third kappa shape index (κ3) is 5.67. The van der Waals surface area contributed by atoms with Crippen LogP contribution in [0.15, 0.2) is 52.1 Å². The molecule has 0 aliphatic carbocycles. The molecule has 1 amide bonds. The van der Waals surface area contributed by atoms with Crippen LogP contribution in [0.5, 0.6) is 5.75 Å².